The van der Waals surface area contributed by atoms with Crippen molar-refractivity contribution in [2.45, 2.75) is 25.5 Å². The molecule has 3 heteroatoms. The summed E-state index contributed by atoms with van der Waals surface area (Å²) in [5.41, 5.74) is 0. The van der Waals surface area contributed by atoms with E-state index in [1.54, 1.807) is 0 Å². The molecule has 1 fully saturated rings. The summed E-state index contributed by atoms with van der Waals surface area (Å²) in [5, 5.41) is 0.903. The third-order valence-electron chi connectivity index (χ3n) is 2.08. The predicted molar refractivity (Wildman–Crippen MR) is 56.2 cm³/mol. The van der Waals surface area contributed by atoms with Gasteiger partial charge in [-0.3, -0.25) is 0 Å². The van der Waals surface area contributed by atoms with E-state index in [-0.39, 0.29) is 0 Å². The summed E-state index contributed by atoms with van der Waals surface area (Å²) in [4.78, 5) is 2.52. The normalized spacial score (nSPS) is 24.8. The van der Waals surface area contributed by atoms with Crippen LogP contribution in [0.4, 0.5) is 0 Å². The van der Waals surface area contributed by atoms with Crippen molar-refractivity contribution in [3.8, 4) is 0 Å². The van der Waals surface area contributed by atoms with Gasteiger partial charge in [-0.25, -0.2) is 0 Å². The highest BCUT2D eigenvalue weighted by Crippen LogP contribution is 2.37. The van der Waals surface area contributed by atoms with Crippen LogP contribution in [0.25, 0.3) is 0 Å². The maximum Gasteiger partial charge on any atom is 0.0287 e. The van der Waals surface area contributed by atoms with Crippen LogP contribution in [0, 0.1) is 0 Å². The molecular weight excluding hydrogens is 174 g/mol. The zero-order chi connectivity index (χ0) is 8.10. The fourth-order valence-electron chi connectivity index (χ4n) is 1.26. The van der Waals surface area contributed by atoms with Crippen LogP contribution in [0.2, 0.25) is 0 Å². The number of hydrogen-bond donors (Lipinski definition) is 0. The van der Waals surface area contributed by atoms with Gasteiger partial charge in [-0.15, -0.1) is 0 Å². The second kappa shape index (κ2) is 5.33. The maximum atomic E-state index is 2.52. The molecule has 0 aliphatic carbocycles. The molecule has 1 aliphatic rings. The van der Waals surface area contributed by atoms with Gasteiger partial charge in [0.25, 0.3) is 0 Å². The lowest BCUT2D eigenvalue weighted by molar-refractivity contribution is 0.304. The maximum absolute atomic E-state index is 2.52. The lowest BCUT2D eigenvalue weighted by Gasteiger charge is -2.20. The van der Waals surface area contributed by atoms with E-state index in [9.17, 15) is 0 Å². The van der Waals surface area contributed by atoms with Gasteiger partial charge in [0.1, 0.15) is 0 Å². The van der Waals surface area contributed by atoms with E-state index in [1.807, 2.05) is 10.8 Å². The number of nitrogens with zero attached hydrogens (tertiary/aromatic N) is 1. The summed E-state index contributed by atoms with van der Waals surface area (Å²) in [7, 11) is 4.11. The average Bonchev–Trinajstić information content (AvgIpc) is 2.52. The van der Waals surface area contributed by atoms with Gasteiger partial charge in [-0.2, -0.15) is 0 Å². The minimum absolute atomic E-state index is 0.903. The largest absolute Gasteiger partial charge is 0.303 e. The monoisotopic (exact) mass is 191 g/mol. The van der Waals surface area contributed by atoms with Crippen LogP contribution in [0.1, 0.15) is 20.3 Å². The minimum atomic E-state index is 0.903. The molecule has 0 aromatic rings. The van der Waals surface area contributed by atoms with Crippen LogP contribution in [-0.4, -0.2) is 35.5 Å². The highest BCUT2D eigenvalue weighted by Gasteiger charge is 2.18. The first-order valence-electron chi connectivity index (χ1n) is 4.37. The Morgan fingerprint density at radius 1 is 1.36 bits per heavy atom. The number of hydrogen-bond acceptors (Lipinski definition) is 3. The first kappa shape index (κ1) is 9.75. The Kier molecular flexibility index (Phi) is 4.72. The van der Waals surface area contributed by atoms with E-state index in [0.717, 1.165) is 5.25 Å². The molecule has 1 nitrogen and oxygen atoms in total. The molecule has 0 saturated carbocycles. The molecule has 1 unspecified atom stereocenters. The lowest BCUT2D eigenvalue weighted by atomic mass is 10.3. The van der Waals surface area contributed by atoms with Crippen LogP contribution < -0.4 is 0 Å². The van der Waals surface area contributed by atoms with E-state index in [0.29, 0.717) is 0 Å². The Hall–Kier alpha value is 0.660. The molecule has 66 valence electrons. The summed E-state index contributed by atoms with van der Waals surface area (Å²) in [6.45, 7) is 8.20. The van der Waals surface area contributed by atoms with Crippen molar-refractivity contribution in [1.82, 2.24) is 4.90 Å². The molecule has 0 aromatic heterocycles. The molecule has 1 rings (SSSR count). The van der Waals surface area contributed by atoms with Crippen LogP contribution in [0.3, 0.4) is 0 Å². The van der Waals surface area contributed by atoms with Crippen molar-refractivity contribution in [2.75, 3.05) is 25.4 Å². The van der Waals surface area contributed by atoms with Crippen molar-refractivity contribution >= 4 is 21.6 Å². The van der Waals surface area contributed by atoms with Crippen LogP contribution in [0.15, 0.2) is 0 Å². The smallest absolute Gasteiger partial charge is 0.0287 e. The highest BCUT2D eigenvalue weighted by molar-refractivity contribution is 8.77. The minimum Gasteiger partial charge on any atom is -0.303 e. The third-order valence-corrected chi connectivity index (χ3v) is 5.00. The Morgan fingerprint density at radius 3 is 2.55 bits per heavy atom. The first-order chi connectivity index (χ1) is 5.36. The molecule has 1 saturated heterocycles. The van der Waals surface area contributed by atoms with E-state index >= 15 is 0 Å². The summed E-state index contributed by atoms with van der Waals surface area (Å²) in [5.74, 6) is 1.36. The lowest BCUT2D eigenvalue weighted by Crippen LogP contribution is -2.29. The molecule has 0 aromatic carbocycles. The SMILES string of the molecule is CCN(CC)CC1CCSS1. The van der Waals surface area contributed by atoms with Crippen LogP contribution in [0.5, 0.6) is 0 Å². The van der Waals surface area contributed by atoms with Gasteiger partial charge in [-0.05, 0) is 19.5 Å². The van der Waals surface area contributed by atoms with E-state index in [4.69, 9.17) is 0 Å². The quantitative estimate of drug-likeness (QED) is 0.629. The summed E-state index contributed by atoms with van der Waals surface area (Å²) in [6, 6.07) is 0. The van der Waals surface area contributed by atoms with Crippen molar-refractivity contribution in [1.29, 1.82) is 0 Å². The van der Waals surface area contributed by atoms with E-state index in [1.165, 1.54) is 31.8 Å². The average molecular weight is 191 g/mol. The molecular formula is C8H17NS2. The molecule has 0 bridgehead atoms. The molecule has 0 spiro atoms. The summed E-state index contributed by atoms with van der Waals surface area (Å²) in [6.07, 6.45) is 1.41. The second-order valence-electron chi connectivity index (χ2n) is 2.81. The Bertz CT molecular complexity index is 98.3. The van der Waals surface area contributed by atoms with Gasteiger partial charge in [0.15, 0.2) is 0 Å². The predicted octanol–water partition coefficient (Wildman–Crippen LogP) is 2.48. The zero-order valence-corrected chi connectivity index (χ0v) is 9.01. The highest BCUT2D eigenvalue weighted by atomic mass is 33.1. The van der Waals surface area contributed by atoms with Crippen LogP contribution >= 0.6 is 21.6 Å². The Labute approximate surface area is 77.7 Å². The molecule has 0 radical (unpaired) electrons. The number of rotatable bonds is 4. The molecule has 1 heterocycles. The van der Waals surface area contributed by atoms with Gasteiger partial charge in [0.05, 0.1) is 0 Å². The van der Waals surface area contributed by atoms with Crippen molar-refractivity contribution in [3.63, 3.8) is 0 Å². The molecule has 0 amide bonds. The fraction of sp³-hybridized carbons (Fsp3) is 1.00. The van der Waals surface area contributed by atoms with Crippen molar-refractivity contribution in [2.24, 2.45) is 0 Å². The van der Waals surface area contributed by atoms with Gasteiger partial charge in [0.2, 0.25) is 0 Å². The van der Waals surface area contributed by atoms with Crippen molar-refractivity contribution < 1.29 is 0 Å². The fourth-order valence-corrected chi connectivity index (χ4v) is 4.19. The molecule has 1 aliphatic heterocycles. The van der Waals surface area contributed by atoms with Gasteiger partial charge in [-0.1, -0.05) is 35.4 Å². The Morgan fingerprint density at radius 2 is 2.09 bits per heavy atom. The van der Waals surface area contributed by atoms with Gasteiger partial charge >= 0.3 is 0 Å². The van der Waals surface area contributed by atoms with E-state index in [2.05, 4.69) is 29.5 Å². The van der Waals surface area contributed by atoms with Crippen molar-refractivity contribution in [3.05, 3.63) is 0 Å². The van der Waals surface area contributed by atoms with Crippen LogP contribution in [-0.2, 0) is 0 Å². The Balaban J connectivity index is 2.16. The van der Waals surface area contributed by atoms with E-state index < -0.39 is 0 Å². The molecule has 11 heavy (non-hydrogen) atoms. The van der Waals surface area contributed by atoms with Gasteiger partial charge in [0, 0.05) is 17.5 Å². The second-order valence-corrected chi connectivity index (χ2v) is 5.60. The zero-order valence-electron chi connectivity index (χ0n) is 7.38. The summed E-state index contributed by atoms with van der Waals surface area (Å²) >= 11 is 0. The topological polar surface area (TPSA) is 3.24 Å². The van der Waals surface area contributed by atoms with Gasteiger partial charge < -0.3 is 4.90 Å². The summed E-state index contributed by atoms with van der Waals surface area (Å²) < 4.78 is 0. The molecule has 1 atom stereocenters. The first-order valence-corrected chi connectivity index (χ1v) is 6.75. The third kappa shape index (κ3) is 3.26. The molecule has 0 N–H and O–H groups in total. The standard InChI is InChI=1S/C8H17NS2/c1-3-9(4-2)7-8-5-6-10-11-8/h8H,3-7H2,1-2H3.